The van der Waals surface area contributed by atoms with Crippen molar-refractivity contribution in [3.05, 3.63) is 204 Å². The Morgan fingerprint density at radius 2 is 1.04 bits per heavy atom. The minimum Gasteiger partial charge on any atom is -0.481 e. The van der Waals surface area contributed by atoms with Crippen LogP contribution < -0.4 is 14.2 Å². The van der Waals surface area contributed by atoms with E-state index in [1.165, 1.54) is 42.5 Å². The van der Waals surface area contributed by atoms with Crippen LogP contribution in [0.15, 0.2) is 170 Å². The first-order valence-electron chi connectivity index (χ1n) is 34.2. The second kappa shape index (κ2) is 39.0. The molecule has 0 aromatic heterocycles. The van der Waals surface area contributed by atoms with Gasteiger partial charge in [0.05, 0.1) is 30.9 Å². The number of aliphatic hydroxyl groups is 2. The molecule has 20 heteroatoms. The van der Waals surface area contributed by atoms with Crippen molar-refractivity contribution in [3.63, 3.8) is 0 Å². The second-order valence-electron chi connectivity index (χ2n) is 25.8. The zero-order chi connectivity index (χ0) is 70.7. The quantitative estimate of drug-likeness (QED) is 0.0116. The molecule has 9 rings (SSSR count). The van der Waals surface area contributed by atoms with E-state index in [0.717, 1.165) is 43.7 Å². The molecule has 0 aliphatic carbocycles. The smallest absolute Gasteiger partial charge is 0.303 e. The van der Waals surface area contributed by atoms with E-state index in [-0.39, 0.29) is 65.5 Å². The number of nitrogens with zero attached hydrogens (tertiary/aromatic N) is 3. The Kier molecular flexibility index (Phi) is 30.7. The van der Waals surface area contributed by atoms with E-state index in [1.54, 1.807) is 115 Å². The van der Waals surface area contributed by atoms with Crippen molar-refractivity contribution in [1.82, 2.24) is 14.7 Å². The highest BCUT2D eigenvalue weighted by Crippen LogP contribution is 2.42. The predicted octanol–water partition coefficient (Wildman–Crippen LogP) is 17.6. The lowest BCUT2D eigenvalue weighted by Crippen LogP contribution is -2.49. The number of thioether (sulfide) groups is 1. The first-order chi connectivity index (χ1) is 47.0. The van der Waals surface area contributed by atoms with E-state index in [1.807, 2.05) is 39.0 Å². The van der Waals surface area contributed by atoms with Crippen LogP contribution in [0.2, 0.25) is 16.6 Å². The van der Waals surface area contributed by atoms with Crippen LogP contribution in [-0.2, 0) is 23.6 Å². The number of aliphatic hydroxyl groups excluding tert-OH is 2. The molecule has 526 valence electrons. The van der Waals surface area contributed by atoms with Crippen LogP contribution >= 0.6 is 11.8 Å². The molecule has 0 bridgehead atoms. The number of hydrogen-bond donors (Lipinski definition) is 3. The van der Waals surface area contributed by atoms with Gasteiger partial charge in [-0.15, -0.1) is 0 Å². The largest absolute Gasteiger partial charge is 0.481 e. The van der Waals surface area contributed by atoms with Gasteiger partial charge in [0.25, 0.3) is 0 Å². The zero-order valence-electron chi connectivity index (χ0n) is 57.4. The standard InChI is InChI=1S/C30H40FNO4Si.C25H30FNO5S.C23H26FNO3/c1-21(2)37(22(3)4,23(5)6)35-18-17-32-26(14-16-30(32)34)13-15-29(33)24-9-7-11-27(19-24)36-28-12-8-10-25(31)20-28;26-19-5-2-7-22(17-19)32-21-6-1-4-18(16-21)23(28)11-9-20-10-12-24(29)27(20)13-15-33-14-3-8-25(30)31;1-2-3-14-25-19(11-13-23(25)27)10-12-22(26)17-6-4-8-20(15-17)28-21-9-5-7-18(24)16-21/h7-13,15,19-23,26H,14,16-18H2,1-6H3;1-2,4-7,16-17,20,23,28H,3,8-15H2,(H,30,31);4-10,12,15-16,19,22,26H,2-3,11,13-14H2,1H3/b15-13+;;12-10+/t26-;20-,23?;19-,22?/m000/s1. The highest BCUT2D eigenvalue weighted by molar-refractivity contribution is 7.99. The number of carbonyl (C=O) groups excluding carboxylic acids is 4. The van der Waals surface area contributed by atoms with E-state index < -0.39 is 26.5 Å². The lowest BCUT2D eigenvalue weighted by Gasteiger charge is -2.42. The van der Waals surface area contributed by atoms with Gasteiger partial charge in [0.1, 0.15) is 51.9 Å². The van der Waals surface area contributed by atoms with Crippen molar-refractivity contribution >= 4 is 49.6 Å². The predicted molar refractivity (Wildman–Crippen MR) is 381 cm³/mol. The lowest BCUT2D eigenvalue weighted by molar-refractivity contribution is -0.137. The fourth-order valence-electron chi connectivity index (χ4n) is 13.0. The van der Waals surface area contributed by atoms with Gasteiger partial charge >= 0.3 is 5.97 Å². The van der Waals surface area contributed by atoms with Crippen LogP contribution in [0.25, 0.3) is 0 Å². The van der Waals surface area contributed by atoms with Crippen LogP contribution in [0, 0.1) is 17.5 Å². The third kappa shape index (κ3) is 23.6. The third-order valence-electron chi connectivity index (χ3n) is 17.9. The molecule has 3 N–H and O–H groups in total. The van der Waals surface area contributed by atoms with E-state index in [2.05, 4.69) is 48.5 Å². The molecule has 15 nitrogen and oxygen atoms in total. The topological polar surface area (TPSA) is 193 Å². The van der Waals surface area contributed by atoms with Crippen LogP contribution in [0.4, 0.5) is 13.2 Å². The van der Waals surface area contributed by atoms with Crippen molar-refractivity contribution in [2.45, 2.75) is 172 Å². The van der Waals surface area contributed by atoms with Gasteiger partial charge in [0.2, 0.25) is 17.7 Å². The van der Waals surface area contributed by atoms with Crippen LogP contribution in [0.3, 0.4) is 0 Å². The Hall–Kier alpha value is -8.01. The SMILES string of the molecule is CC(C)[Si](OCCN1C(=O)CC[C@@H]1/C=C/C(=O)c1cccc(Oc2cccc(F)c2)c1)(C(C)C)C(C)C.CCCCN1C(=O)CC[C@@H]1/C=C/C(O)c1cccc(Oc2cccc(F)c2)c1.O=C(O)CCCSCCN1C(=O)CC[C@@H]1CCC(O)c1cccc(Oc2cccc(F)c2)c1. The highest BCUT2D eigenvalue weighted by Gasteiger charge is 2.45. The molecule has 98 heavy (non-hydrogen) atoms. The molecular weight excluding hydrogens is 1290 g/mol. The summed E-state index contributed by atoms with van der Waals surface area (Å²) in [6, 6.07) is 38.7. The molecule has 3 saturated heterocycles. The van der Waals surface area contributed by atoms with Crippen LogP contribution in [0.5, 0.6) is 34.5 Å². The summed E-state index contributed by atoms with van der Waals surface area (Å²) in [6.07, 6.45) is 13.4. The summed E-state index contributed by atoms with van der Waals surface area (Å²) in [5, 5.41) is 29.9. The Morgan fingerprint density at radius 1 is 0.571 bits per heavy atom. The van der Waals surface area contributed by atoms with Crippen LogP contribution in [0.1, 0.15) is 159 Å². The van der Waals surface area contributed by atoms with Gasteiger partial charge < -0.3 is 48.7 Å². The number of ether oxygens (including phenoxy) is 3. The Labute approximate surface area is 581 Å². The number of carbonyl (C=O) groups is 5. The van der Waals surface area contributed by atoms with Gasteiger partial charge in [0.15, 0.2) is 14.1 Å². The molecule has 3 aliphatic heterocycles. The normalized spacial score (nSPS) is 17.0. The summed E-state index contributed by atoms with van der Waals surface area (Å²) >= 11 is 1.67. The Bertz CT molecular complexity index is 3610. The number of benzene rings is 6. The van der Waals surface area contributed by atoms with Crippen molar-refractivity contribution < 1.29 is 71.1 Å². The van der Waals surface area contributed by atoms with Crippen molar-refractivity contribution in [2.75, 3.05) is 37.7 Å². The molecular formula is C78H96F3N3O12SSi. The average Bonchev–Trinajstić information content (AvgIpc) is 1.07. The number of likely N-dealkylation sites (tertiary alicyclic amines) is 3. The summed E-state index contributed by atoms with van der Waals surface area (Å²) in [5.41, 5.74) is 3.30. The number of allylic oxidation sites excluding steroid dienone is 1. The summed E-state index contributed by atoms with van der Waals surface area (Å²) in [5.74, 6) is 2.54. The maximum atomic E-state index is 13.4. The number of ketones is 1. The summed E-state index contributed by atoms with van der Waals surface area (Å²) in [4.78, 5) is 66.0. The number of amides is 3. The first-order valence-corrected chi connectivity index (χ1v) is 37.5. The number of rotatable bonds is 33. The molecule has 6 aromatic carbocycles. The molecule has 3 fully saturated rings. The number of unbranched alkanes of at least 4 members (excludes halogenated alkanes) is 1. The van der Waals surface area contributed by atoms with Gasteiger partial charge in [-0.3, -0.25) is 24.0 Å². The molecule has 3 aliphatic rings. The zero-order valence-corrected chi connectivity index (χ0v) is 59.2. The second-order valence-corrected chi connectivity index (χ2v) is 32.5. The van der Waals surface area contributed by atoms with Gasteiger partial charge in [-0.25, -0.2) is 13.2 Å². The molecule has 5 atom stereocenters. The molecule has 3 amide bonds. The molecule has 0 saturated carbocycles. The van der Waals surface area contributed by atoms with Crippen LogP contribution in [-0.4, -0.2) is 124 Å². The van der Waals surface area contributed by atoms with Gasteiger partial charge in [-0.1, -0.05) is 128 Å². The fraction of sp³-hybridized carbons (Fsp3) is 0.423. The molecule has 0 spiro atoms. The number of carboxylic acid groups (broad SMARTS) is 1. The maximum Gasteiger partial charge on any atom is 0.303 e. The summed E-state index contributed by atoms with van der Waals surface area (Å²) in [7, 11) is -2.00. The van der Waals surface area contributed by atoms with Crippen molar-refractivity contribution in [3.8, 4) is 34.5 Å². The Balaban J connectivity index is 0.000000209. The minimum atomic E-state index is -2.00. The van der Waals surface area contributed by atoms with E-state index >= 15 is 0 Å². The number of carboxylic acids is 1. The van der Waals surface area contributed by atoms with Gasteiger partial charge in [-0.05, 0) is 157 Å². The maximum absolute atomic E-state index is 13.4. The first kappa shape index (κ1) is 77.3. The summed E-state index contributed by atoms with van der Waals surface area (Å²) < 4.78 is 63.9. The molecule has 3 heterocycles. The van der Waals surface area contributed by atoms with E-state index in [4.69, 9.17) is 23.7 Å². The molecule has 6 aromatic rings. The number of halogens is 3. The Morgan fingerprint density at radius 3 is 1.57 bits per heavy atom. The molecule has 2 unspecified atom stereocenters. The monoisotopic (exact) mass is 1380 g/mol. The average molecular weight is 1380 g/mol. The molecule has 0 radical (unpaired) electrons. The number of aliphatic carboxylic acids is 1. The fourth-order valence-corrected chi connectivity index (χ4v) is 19.4. The summed E-state index contributed by atoms with van der Waals surface area (Å²) in [6.45, 7) is 18.1. The third-order valence-corrected chi connectivity index (χ3v) is 25.1. The van der Waals surface area contributed by atoms with Gasteiger partial charge in [-0.2, -0.15) is 11.8 Å². The van der Waals surface area contributed by atoms with E-state index in [9.17, 15) is 47.4 Å². The van der Waals surface area contributed by atoms with Gasteiger partial charge in [0, 0.05) is 80.9 Å². The lowest BCUT2D eigenvalue weighted by atomic mass is 10.0. The highest BCUT2D eigenvalue weighted by atomic mass is 32.2. The van der Waals surface area contributed by atoms with Crippen molar-refractivity contribution in [1.29, 1.82) is 0 Å². The number of hydrogen-bond acceptors (Lipinski definition) is 12. The van der Waals surface area contributed by atoms with E-state index in [0.29, 0.717) is 132 Å². The van der Waals surface area contributed by atoms with Crippen molar-refractivity contribution in [2.24, 2.45) is 0 Å². The minimum absolute atomic E-state index is 0.0421.